The van der Waals surface area contributed by atoms with Crippen LogP contribution in [0.4, 0.5) is 0 Å². The lowest BCUT2D eigenvalue weighted by Crippen LogP contribution is -2.67. The van der Waals surface area contributed by atoms with Gasteiger partial charge in [0.25, 0.3) is 0 Å². The summed E-state index contributed by atoms with van der Waals surface area (Å²) in [7, 11) is 1.61. The first-order valence-electron chi connectivity index (χ1n) is 6.18. The standard InChI is InChI=1S/C14H15BrO4/c1-18-11-4-9(2-3-10(11)15)19-8-13-5-14(6-13,7-13)12(16)17/h2-4H,5-8H2,1H3,(H,16,17). The highest BCUT2D eigenvalue weighted by molar-refractivity contribution is 9.10. The first kappa shape index (κ1) is 12.8. The molecule has 0 radical (unpaired) electrons. The lowest BCUT2D eigenvalue weighted by Gasteiger charge is -2.67. The third kappa shape index (κ3) is 1.91. The van der Waals surface area contributed by atoms with Gasteiger partial charge in [0.1, 0.15) is 11.5 Å². The molecule has 0 atom stereocenters. The van der Waals surface area contributed by atoms with Crippen LogP contribution in [-0.4, -0.2) is 24.8 Å². The molecule has 4 rings (SSSR count). The van der Waals surface area contributed by atoms with Crippen molar-refractivity contribution < 1.29 is 19.4 Å². The number of carboxylic acid groups (broad SMARTS) is 1. The van der Waals surface area contributed by atoms with E-state index in [9.17, 15) is 4.79 Å². The number of benzene rings is 1. The molecule has 2 bridgehead atoms. The van der Waals surface area contributed by atoms with Gasteiger partial charge >= 0.3 is 5.97 Å². The summed E-state index contributed by atoms with van der Waals surface area (Å²) in [5, 5.41) is 9.07. The Labute approximate surface area is 119 Å². The van der Waals surface area contributed by atoms with Crippen LogP contribution < -0.4 is 9.47 Å². The van der Waals surface area contributed by atoms with Gasteiger partial charge < -0.3 is 14.6 Å². The van der Waals surface area contributed by atoms with Crippen molar-refractivity contribution in [3.05, 3.63) is 22.7 Å². The van der Waals surface area contributed by atoms with Crippen molar-refractivity contribution in [2.75, 3.05) is 13.7 Å². The van der Waals surface area contributed by atoms with Crippen LogP contribution in [0.3, 0.4) is 0 Å². The third-order valence-electron chi connectivity index (χ3n) is 4.26. The summed E-state index contributed by atoms with van der Waals surface area (Å²) in [5.74, 6) is 0.839. The van der Waals surface area contributed by atoms with E-state index in [1.165, 1.54) is 0 Å². The van der Waals surface area contributed by atoms with Gasteiger partial charge in [-0.1, -0.05) is 0 Å². The van der Waals surface area contributed by atoms with E-state index in [4.69, 9.17) is 14.6 Å². The molecule has 0 unspecified atom stereocenters. The molecule has 19 heavy (non-hydrogen) atoms. The molecule has 1 aromatic rings. The molecule has 3 fully saturated rings. The van der Waals surface area contributed by atoms with Crippen LogP contribution in [0.1, 0.15) is 19.3 Å². The second-order valence-electron chi connectivity index (χ2n) is 5.70. The number of ether oxygens (including phenoxy) is 2. The summed E-state index contributed by atoms with van der Waals surface area (Å²) in [4.78, 5) is 11.0. The van der Waals surface area contributed by atoms with Gasteiger partial charge in [0.05, 0.1) is 23.6 Å². The summed E-state index contributed by atoms with van der Waals surface area (Å²) in [6.45, 7) is 0.590. The van der Waals surface area contributed by atoms with Crippen LogP contribution in [0.25, 0.3) is 0 Å². The molecule has 0 spiro atoms. The second-order valence-corrected chi connectivity index (χ2v) is 6.56. The highest BCUT2D eigenvalue weighted by atomic mass is 79.9. The average molecular weight is 327 g/mol. The Hall–Kier alpha value is -1.23. The number of carboxylic acids is 1. The van der Waals surface area contributed by atoms with Gasteiger partial charge in [0, 0.05) is 11.5 Å². The molecule has 0 aliphatic heterocycles. The fourth-order valence-corrected chi connectivity index (χ4v) is 3.75. The predicted octanol–water partition coefficient (Wildman–Crippen LogP) is 3.09. The van der Waals surface area contributed by atoms with E-state index in [0.29, 0.717) is 6.61 Å². The van der Waals surface area contributed by atoms with Gasteiger partial charge in [-0.2, -0.15) is 0 Å². The monoisotopic (exact) mass is 326 g/mol. The molecule has 3 aliphatic carbocycles. The van der Waals surface area contributed by atoms with E-state index in [2.05, 4.69) is 15.9 Å². The molecule has 0 heterocycles. The Morgan fingerprint density at radius 3 is 2.68 bits per heavy atom. The minimum absolute atomic E-state index is 0.0959. The van der Waals surface area contributed by atoms with E-state index < -0.39 is 11.4 Å². The highest BCUT2D eigenvalue weighted by Crippen LogP contribution is 2.73. The number of carbonyl (C=O) groups is 1. The molecule has 1 aromatic carbocycles. The zero-order valence-electron chi connectivity index (χ0n) is 10.6. The lowest BCUT2D eigenvalue weighted by molar-refractivity contribution is -0.231. The van der Waals surface area contributed by atoms with Crippen molar-refractivity contribution in [3.8, 4) is 11.5 Å². The molecule has 1 N–H and O–H groups in total. The van der Waals surface area contributed by atoms with E-state index in [-0.39, 0.29) is 5.41 Å². The van der Waals surface area contributed by atoms with Crippen molar-refractivity contribution in [2.45, 2.75) is 19.3 Å². The summed E-state index contributed by atoms with van der Waals surface area (Å²) in [6, 6.07) is 5.60. The van der Waals surface area contributed by atoms with Crippen molar-refractivity contribution in [3.63, 3.8) is 0 Å². The van der Waals surface area contributed by atoms with Gasteiger partial charge in [-0.15, -0.1) is 0 Å². The van der Waals surface area contributed by atoms with Gasteiger partial charge in [-0.3, -0.25) is 4.79 Å². The summed E-state index contributed by atoms with van der Waals surface area (Å²) < 4.78 is 11.9. The Balaban J connectivity index is 1.59. The van der Waals surface area contributed by atoms with E-state index in [1.54, 1.807) is 7.11 Å². The van der Waals surface area contributed by atoms with Crippen molar-refractivity contribution in [1.82, 2.24) is 0 Å². The maximum atomic E-state index is 11.0. The Kier molecular flexibility index (Phi) is 2.78. The van der Waals surface area contributed by atoms with Gasteiger partial charge in [0.2, 0.25) is 0 Å². The van der Waals surface area contributed by atoms with E-state index >= 15 is 0 Å². The molecule has 3 aliphatic rings. The molecule has 4 nitrogen and oxygen atoms in total. The number of halogens is 1. The Morgan fingerprint density at radius 1 is 1.42 bits per heavy atom. The van der Waals surface area contributed by atoms with Crippen LogP contribution in [-0.2, 0) is 4.79 Å². The normalized spacial score (nSPS) is 31.1. The SMILES string of the molecule is COc1cc(OCC23CC(C(=O)O)(C2)C3)ccc1Br. The molecule has 0 amide bonds. The minimum atomic E-state index is -0.653. The molecular weight excluding hydrogens is 312 g/mol. The predicted molar refractivity (Wildman–Crippen MR) is 72.5 cm³/mol. The first-order valence-corrected chi connectivity index (χ1v) is 6.98. The fraction of sp³-hybridized carbons (Fsp3) is 0.500. The average Bonchev–Trinajstić information content (AvgIpc) is 2.27. The van der Waals surface area contributed by atoms with Crippen LogP contribution >= 0.6 is 15.9 Å². The minimum Gasteiger partial charge on any atom is -0.495 e. The van der Waals surface area contributed by atoms with Gasteiger partial charge in [-0.05, 0) is 47.3 Å². The summed E-state index contributed by atoms with van der Waals surface area (Å²) >= 11 is 3.39. The van der Waals surface area contributed by atoms with Crippen molar-refractivity contribution in [1.29, 1.82) is 0 Å². The van der Waals surface area contributed by atoms with Crippen molar-refractivity contribution in [2.24, 2.45) is 10.8 Å². The fourth-order valence-electron chi connectivity index (χ4n) is 3.34. The quantitative estimate of drug-likeness (QED) is 0.903. The maximum Gasteiger partial charge on any atom is 0.309 e. The largest absolute Gasteiger partial charge is 0.495 e. The molecule has 0 aromatic heterocycles. The van der Waals surface area contributed by atoms with Crippen LogP contribution in [0.2, 0.25) is 0 Å². The number of methoxy groups -OCH3 is 1. The number of hydrogen-bond donors (Lipinski definition) is 1. The second kappa shape index (κ2) is 4.13. The van der Waals surface area contributed by atoms with Gasteiger partial charge in [0.15, 0.2) is 0 Å². The van der Waals surface area contributed by atoms with Crippen LogP contribution in [0.15, 0.2) is 22.7 Å². The lowest BCUT2D eigenvalue weighted by atomic mass is 9.35. The zero-order valence-corrected chi connectivity index (χ0v) is 12.2. The van der Waals surface area contributed by atoms with E-state index in [1.807, 2.05) is 18.2 Å². The Bertz CT molecular complexity index is 520. The number of rotatable bonds is 5. The number of hydrogen-bond acceptors (Lipinski definition) is 3. The zero-order chi connectivity index (χ0) is 13.7. The maximum absolute atomic E-state index is 11.0. The smallest absolute Gasteiger partial charge is 0.309 e. The Morgan fingerprint density at radius 2 is 2.11 bits per heavy atom. The first-order chi connectivity index (χ1) is 8.99. The topological polar surface area (TPSA) is 55.8 Å². The van der Waals surface area contributed by atoms with Crippen molar-refractivity contribution >= 4 is 21.9 Å². The highest BCUT2D eigenvalue weighted by Gasteiger charge is 2.72. The molecule has 102 valence electrons. The third-order valence-corrected chi connectivity index (χ3v) is 4.92. The van der Waals surface area contributed by atoms with E-state index in [0.717, 1.165) is 35.2 Å². The van der Waals surface area contributed by atoms with Crippen LogP contribution in [0.5, 0.6) is 11.5 Å². The molecular formula is C14H15BrO4. The summed E-state index contributed by atoms with van der Waals surface area (Å²) in [6.07, 6.45) is 2.26. The van der Waals surface area contributed by atoms with Crippen LogP contribution in [0, 0.1) is 10.8 Å². The number of aliphatic carboxylic acids is 1. The molecule has 0 saturated heterocycles. The molecule has 5 heteroatoms. The molecule has 3 saturated carbocycles. The van der Waals surface area contributed by atoms with Gasteiger partial charge in [-0.25, -0.2) is 0 Å². The summed E-state index contributed by atoms with van der Waals surface area (Å²) in [5.41, 5.74) is -0.334.